The molecule has 1 aromatic rings. The van der Waals surface area contributed by atoms with Crippen LogP contribution >= 0.6 is 15.9 Å². The van der Waals surface area contributed by atoms with Gasteiger partial charge < -0.3 is 19.9 Å². The largest absolute Gasteiger partial charge is 0.478 e. The molecule has 0 saturated heterocycles. The highest BCUT2D eigenvalue weighted by Crippen LogP contribution is 2.27. The first kappa shape index (κ1) is 16.9. The van der Waals surface area contributed by atoms with Gasteiger partial charge >= 0.3 is 5.97 Å². The average molecular weight is 372 g/mol. The van der Waals surface area contributed by atoms with Crippen molar-refractivity contribution < 1.29 is 24.2 Å². The number of amides is 1. The van der Waals surface area contributed by atoms with Crippen molar-refractivity contribution in [2.75, 3.05) is 13.7 Å². The van der Waals surface area contributed by atoms with Crippen molar-refractivity contribution in [3.05, 3.63) is 33.8 Å². The van der Waals surface area contributed by atoms with E-state index in [1.165, 1.54) is 12.1 Å². The maximum Gasteiger partial charge on any atom is 0.335 e. The molecule has 1 fully saturated rings. The van der Waals surface area contributed by atoms with Crippen LogP contribution in [0, 0.1) is 0 Å². The Morgan fingerprint density at radius 3 is 2.64 bits per heavy atom. The number of aromatic carboxylic acids is 1. The second-order valence-corrected chi connectivity index (χ2v) is 5.96. The lowest BCUT2D eigenvalue weighted by atomic mass is 9.85. The lowest BCUT2D eigenvalue weighted by Gasteiger charge is -2.43. The van der Waals surface area contributed by atoms with Crippen molar-refractivity contribution in [1.82, 2.24) is 5.32 Å². The van der Waals surface area contributed by atoms with Crippen molar-refractivity contribution in [2.45, 2.75) is 31.6 Å². The van der Waals surface area contributed by atoms with Crippen molar-refractivity contribution in [3.63, 3.8) is 0 Å². The third-order valence-electron chi connectivity index (χ3n) is 3.63. The molecule has 1 amide bonds. The number of nitrogens with one attached hydrogen (secondary N) is 1. The molecule has 0 aliphatic heterocycles. The summed E-state index contributed by atoms with van der Waals surface area (Å²) in [6.45, 7) is 2.51. The zero-order valence-electron chi connectivity index (χ0n) is 12.3. The van der Waals surface area contributed by atoms with Crippen LogP contribution in [0.25, 0.3) is 0 Å². The van der Waals surface area contributed by atoms with Crippen molar-refractivity contribution >= 4 is 27.8 Å². The van der Waals surface area contributed by atoms with Crippen LogP contribution in [-0.4, -0.2) is 48.9 Å². The number of methoxy groups -OCH3 is 1. The van der Waals surface area contributed by atoms with E-state index in [0.717, 1.165) is 0 Å². The van der Waals surface area contributed by atoms with Crippen LogP contribution in [0.1, 0.15) is 34.1 Å². The SMILES string of the molecule is CCOC1CC(NC(=O)c2cc(Br)cc(C(=O)O)c2)C1OC. The molecule has 1 saturated carbocycles. The lowest BCUT2D eigenvalue weighted by molar-refractivity contribution is -0.128. The zero-order valence-corrected chi connectivity index (χ0v) is 13.9. The molecule has 0 aromatic heterocycles. The van der Waals surface area contributed by atoms with Gasteiger partial charge in [0, 0.05) is 23.8 Å². The highest BCUT2D eigenvalue weighted by atomic mass is 79.9. The van der Waals surface area contributed by atoms with Gasteiger partial charge in [0.1, 0.15) is 6.10 Å². The molecular weight excluding hydrogens is 354 g/mol. The van der Waals surface area contributed by atoms with E-state index in [2.05, 4.69) is 21.2 Å². The molecule has 7 heteroatoms. The summed E-state index contributed by atoms with van der Waals surface area (Å²) in [6.07, 6.45) is 0.477. The van der Waals surface area contributed by atoms with E-state index in [-0.39, 0.29) is 29.7 Å². The van der Waals surface area contributed by atoms with E-state index in [1.54, 1.807) is 13.2 Å². The Kier molecular flexibility index (Phi) is 5.55. The normalized spacial score (nSPS) is 23.7. The number of ether oxygens (including phenoxy) is 2. The topological polar surface area (TPSA) is 84.9 Å². The number of hydrogen-bond acceptors (Lipinski definition) is 4. The number of rotatable bonds is 6. The lowest BCUT2D eigenvalue weighted by Crippen LogP contribution is -2.61. The molecule has 0 bridgehead atoms. The number of carboxylic acid groups (broad SMARTS) is 1. The van der Waals surface area contributed by atoms with Gasteiger partial charge in [-0.25, -0.2) is 4.79 Å². The quantitative estimate of drug-likeness (QED) is 0.799. The van der Waals surface area contributed by atoms with Crippen LogP contribution in [0.5, 0.6) is 0 Å². The van der Waals surface area contributed by atoms with Crippen LogP contribution in [0.15, 0.2) is 22.7 Å². The van der Waals surface area contributed by atoms with Gasteiger partial charge in [-0.05, 0) is 31.5 Å². The molecule has 3 atom stereocenters. The fraction of sp³-hybridized carbons (Fsp3) is 0.467. The van der Waals surface area contributed by atoms with Gasteiger partial charge in [0.25, 0.3) is 5.91 Å². The highest BCUT2D eigenvalue weighted by Gasteiger charge is 2.43. The molecule has 0 spiro atoms. The molecule has 1 aliphatic rings. The van der Waals surface area contributed by atoms with Gasteiger partial charge in [0.2, 0.25) is 0 Å². The molecule has 120 valence electrons. The van der Waals surface area contributed by atoms with Gasteiger partial charge in [-0.3, -0.25) is 4.79 Å². The third-order valence-corrected chi connectivity index (χ3v) is 4.08. The minimum Gasteiger partial charge on any atom is -0.478 e. The van der Waals surface area contributed by atoms with Crippen LogP contribution < -0.4 is 5.32 Å². The Bertz CT molecular complexity index is 577. The monoisotopic (exact) mass is 371 g/mol. The van der Waals surface area contributed by atoms with Crippen LogP contribution in [-0.2, 0) is 9.47 Å². The first-order valence-electron chi connectivity index (χ1n) is 6.95. The Labute approximate surface area is 136 Å². The van der Waals surface area contributed by atoms with Gasteiger partial charge in [0.05, 0.1) is 17.7 Å². The summed E-state index contributed by atoms with van der Waals surface area (Å²) in [7, 11) is 1.58. The molecule has 0 heterocycles. The Hall–Kier alpha value is -1.44. The van der Waals surface area contributed by atoms with Crippen LogP contribution in [0.4, 0.5) is 0 Å². The minimum absolute atomic E-state index is 0.0163. The number of halogens is 1. The molecule has 2 N–H and O–H groups in total. The Morgan fingerprint density at radius 2 is 2.05 bits per heavy atom. The molecule has 6 nitrogen and oxygen atoms in total. The molecule has 1 aliphatic carbocycles. The highest BCUT2D eigenvalue weighted by molar-refractivity contribution is 9.10. The molecule has 22 heavy (non-hydrogen) atoms. The summed E-state index contributed by atoms with van der Waals surface area (Å²) in [5.41, 5.74) is 0.352. The van der Waals surface area contributed by atoms with E-state index >= 15 is 0 Å². The molecule has 2 rings (SSSR count). The Morgan fingerprint density at radius 1 is 1.36 bits per heavy atom. The second kappa shape index (κ2) is 7.21. The van der Waals surface area contributed by atoms with Gasteiger partial charge in [-0.15, -0.1) is 0 Å². The fourth-order valence-electron chi connectivity index (χ4n) is 2.51. The standard InChI is InChI=1S/C15H18BrNO5/c1-3-22-12-7-11(13(12)21-2)17-14(18)8-4-9(15(19)20)6-10(16)5-8/h4-6,11-13H,3,7H2,1-2H3,(H,17,18)(H,19,20). The number of carbonyl (C=O) groups is 2. The molecule has 0 radical (unpaired) electrons. The second-order valence-electron chi connectivity index (χ2n) is 5.04. The molecule has 1 aromatic carbocycles. The number of carbonyl (C=O) groups excluding carboxylic acids is 1. The van der Waals surface area contributed by atoms with E-state index in [1.807, 2.05) is 6.92 Å². The third kappa shape index (κ3) is 3.66. The summed E-state index contributed by atoms with van der Waals surface area (Å²) < 4.78 is 11.4. The van der Waals surface area contributed by atoms with Crippen LogP contribution in [0.2, 0.25) is 0 Å². The van der Waals surface area contributed by atoms with Gasteiger partial charge in [0.15, 0.2) is 0 Å². The maximum atomic E-state index is 12.3. The Balaban J connectivity index is 2.05. The van der Waals surface area contributed by atoms with Crippen molar-refractivity contribution in [2.24, 2.45) is 0 Å². The predicted molar refractivity (Wildman–Crippen MR) is 83.2 cm³/mol. The van der Waals surface area contributed by atoms with E-state index in [4.69, 9.17) is 14.6 Å². The zero-order chi connectivity index (χ0) is 16.3. The van der Waals surface area contributed by atoms with Crippen molar-refractivity contribution in [3.8, 4) is 0 Å². The summed E-state index contributed by atoms with van der Waals surface area (Å²) in [4.78, 5) is 23.3. The summed E-state index contributed by atoms with van der Waals surface area (Å²) >= 11 is 3.21. The molecular formula is C15H18BrNO5. The number of carboxylic acids is 1. The average Bonchev–Trinajstić information content (AvgIpc) is 2.45. The summed E-state index contributed by atoms with van der Waals surface area (Å²) in [6, 6.07) is 4.25. The first-order valence-corrected chi connectivity index (χ1v) is 7.74. The fourth-order valence-corrected chi connectivity index (χ4v) is 3.01. The van der Waals surface area contributed by atoms with Crippen LogP contribution in [0.3, 0.4) is 0 Å². The van der Waals surface area contributed by atoms with Crippen molar-refractivity contribution in [1.29, 1.82) is 0 Å². The predicted octanol–water partition coefficient (Wildman–Crippen LogP) is 2.07. The maximum absolute atomic E-state index is 12.3. The molecule has 3 unspecified atom stereocenters. The number of hydrogen-bond donors (Lipinski definition) is 2. The summed E-state index contributed by atoms with van der Waals surface area (Å²) in [5.74, 6) is -1.41. The first-order chi connectivity index (χ1) is 10.5. The van der Waals surface area contributed by atoms with E-state index < -0.39 is 5.97 Å². The van der Waals surface area contributed by atoms with E-state index in [9.17, 15) is 9.59 Å². The van der Waals surface area contributed by atoms with Gasteiger partial charge in [-0.1, -0.05) is 15.9 Å². The minimum atomic E-state index is -1.08. The number of benzene rings is 1. The van der Waals surface area contributed by atoms with E-state index in [0.29, 0.717) is 23.1 Å². The summed E-state index contributed by atoms with van der Waals surface area (Å²) in [5, 5.41) is 11.9. The van der Waals surface area contributed by atoms with Gasteiger partial charge in [-0.2, -0.15) is 0 Å². The smallest absolute Gasteiger partial charge is 0.335 e.